The van der Waals surface area contributed by atoms with Gasteiger partial charge < -0.3 is 15.6 Å². The van der Waals surface area contributed by atoms with Crippen LogP contribution in [0.2, 0.25) is 0 Å². The number of aliphatic hydroxyl groups is 1. The molecule has 0 unspecified atom stereocenters. The molecule has 5 heteroatoms. The van der Waals surface area contributed by atoms with Gasteiger partial charge in [0, 0.05) is 0 Å². The number of hydrogen-bond acceptors (Lipinski definition) is 4. The molecule has 15 heavy (non-hydrogen) atoms. The molecule has 0 spiro atoms. The van der Waals surface area contributed by atoms with Crippen LogP contribution >= 0.6 is 0 Å². The number of hydrogen-bond donors (Lipinski definition) is 2. The third kappa shape index (κ3) is 5.85. The average molecular weight is 215 g/mol. The highest BCUT2D eigenvalue weighted by atomic mass is 16.5. The summed E-state index contributed by atoms with van der Waals surface area (Å²) in [6.45, 7) is 1.60. The molecule has 5 nitrogen and oxygen atoms in total. The molecule has 0 radical (unpaired) electrons. The van der Waals surface area contributed by atoms with Crippen LogP contribution in [0, 0.1) is 0 Å². The first kappa shape index (κ1) is 13.6. The standard InChI is InChI=1S/C10H17NO4/c1-2-3-4-5-8(9(11)13)10(14)15-7-6-12/h5,12H,2-4,6-7H2,1H3,(H2,11,13). The Labute approximate surface area is 88.9 Å². The molecule has 0 aromatic carbocycles. The first-order valence-electron chi connectivity index (χ1n) is 4.91. The molecule has 0 atom stereocenters. The van der Waals surface area contributed by atoms with Crippen molar-refractivity contribution in [3.8, 4) is 0 Å². The van der Waals surface area contributed by atoms with Gasteiger partial charge in [-0.25, -0.2) is 4.79 Å². The van der Waals surface area contributed by atoms with E-state index in [1.165, 1.54) is 6.08 Å². The second-order valence-electron chi connectivity index (χ2n) is 2.98. The van der Waals surface area contributed by atoms with Gasteiger partial charge in [0.25, 0.3) is 5.91 Å². The van der Waals surface area contributed by atoms with E-state index in [0.717, 1.165) is 12.8 Å². The maximum Gasteiger partial charge on any atom is 0.343 e. The van der Waals surface area contributed by atoms with Gasteiger partial charge in [-0.1, -0.05) is 25.8 Å². The molecule has 0 bridgehead atoms. The molecule has 0 heterocycles. The zero-order chi connectivity index (χ0) is 11.7. The van der Waals surface area contributed by atoms with Crippen molar-refractivity contribution in [2.45, 2.75) is 26.2 Å². The molecule has 0 aliphatic carbocycles. The lowest BCUT2D eigenvalue weighted by Gasteiger charge is -2.03. The van der Waals surface area contributed by atoms with Crippen LogP contribution in [-0.2, 0) is 14.3 Å². The van der Waals surface area contributed by atoms with Gasteiger partial charge in [-0.05, 0) is 6.42 Å². The third-order valence-electron chi connectivity index (χ3n) is 1.72. The lowest BCUT2D eigenvalue weighted by atomic mass is 10.1. The van der Waals surface area contributed by atoms with Gasteiger partial charge in [-0.2, -0.15) is 0 Å². The van der Waals surface area contributed by atoms with E-state index in [0.29, 0.717) is 6.42 Å². The van der Waals surface area contributed by atoms with Crippen molar-refractivity contribution in [1.29, 1.82) is 0 Å². The monoisotopic (exact) mass is 215 g/mol. The van der Waals surface area contributed by atoms with E-state index in [-0.39, 0.29) is 18.8 Å². The van der Waals surface area contributed by atoms with E-state index in [1.54, 1.807) is 0 Å². The smallest absolute Gasteiger partial charge is 0.343 e. The molecule has 3 N–H and O–H groups in total. The van der Waals surface area contributed by atoms with Gasteiger partial charge in [0.2, 0.25) is 0 Å². The Morgan fingerprint density at radius 3 is 2.60 bits per heavy atom. The van der Waals surface area contributed by atoms with Crippen LogP contribution in [0.1, 0.15) is 26.2 Å². The fourth-order valence-corrected chi connectivity index (χ4v) is 0.951. The fraction of sp³-hybridized carbons (Fsp3) is 0.600. The highest BCUT2D eigenvalue weighted by Crippen LogP contribution is 2.03. The van der Waals surface area contributed by atoms with Crippen molar-refractivity contribution in [2.75, 3.05) is 13.2 Å². The Morgan fingerprint density at radius 2 is 2.13 bits per heavy atom. The number of carbonyl (C=O) groups excluding carboxylic acids is 2. The molecule has 0 aliphatic rings. The summed E-state index contributed by atoms with van der Waals surface area (Å²) in [6, 6.07) is 0. The second kappa shape index (κ2) is 7.99. The fourth-order valence-electron chi connectivity index (χ4n) is 0.951. The minimum atomic E-state index is -0.797. The normalized spacial score (nSPS) is 11.2. The maximum atomic E-state index is 11.2. The van der Waals surface area contributed by atoms with Crippen molar-refractivity contribution in [2.24, 2.45) is 5.73 Å². The largest absolute Gasteiger partial charge is 0.460 e. The van der Waals surface area contributed by atoms with Crippen molar-refractivity contribution in [1.82, 2.24) is 0 Å². The van der Waals surface area contributed by atoms with Gasteiger partial charge >= 0.3 is 5.97 Å². The van der Waals surface area contributed by atoms with Crippen molar-refractivity contribution < 1.29 is 19.4 Å². The van der Waals surface area contributed by atoms with Crippen LogP contribution in [-0.4, -0.2) is 30.2 Å². The molecule has 0 aliphatic heterocycles. The van der Waals surface area contributed by atoms with E-state index >= 15 is 0 Å². The average Bonchev–Trinajstić information content (AvgIpc) is 2.20. The van der Waals surface area contributed by atoms with Gasteiger partial charge in [0.15, 0.2) is 0 Å². The summed E-state index contributed by atoms with van der Waals surface area (Å²) < 4.78 is 4.59. The number of esters is 1. The summed E-state index contributed by atoms with van der Waals surface area (Å²) in [5, 5.41) is 8.44. The van der Waals surface area contributed by atoms with Crippen LogP contribution in [0.5, 0.6) is 0 Å². The van der Waals surface area contributed by atoms with Gasteiger partial charge in [-0.3, -0.25) is 4.79 Å². The van der Waals surface area contributed by atoms with Gasteiger partial charge in [0.05, 0.1) is 6.61 Å². The zero-order valence-corrected chi connectivity index (χ0v) is 8.86. The van der Waals surface area contributed by atoms with Crippen LogP contribution < -0.4 is 5.73 Å². The van der Waals surface area contributed by atoms with Gasteiger partial charge in [-0.15, -0.1) is 0 Å². The van der Waals surface area contributed by atoms with Crippen molar-refractivity contribution >= 4 is 11.9 Å². The number of rotatable bonds is 7. The maximum absolute atomic E-state index is 11.2. The van der Waals surface area contributed by atoms with E-state index in [4.69, 9.17) is 10.8 Å². The number of unbranched alkanes of at least 4 members (excludes halogenated alkanes) is 2. The number of nitrogens with two attached hydrogens (primary N) is 1. The molecule has 0 fully saturated rings. The Kier molecular flexibility index (Phi) is 7.27. The number of carbonyl (C=O) groups is 2. The third-order valence-corrected chi connectivity index (χ3v) is 1.72. The predicted molar refractivity (Wildman–Crippen MR) is 54.8 cm³/mol. The molecule has 0 aromatic heterocycles. The molecule has 0 saturated carbocycles. The van der Waals surface area contributed by atoms with Crippen LogP contribution in [0.15, 0.2) is 11.6 Å². The van der Waals surface area contributed by atoms with Crippen LogP contribution in [0.3, 0.4) is 0 Å². The lowest BCUT2D eigenvalue weighted by Crippen LogP contribution is -2.23. The number of allylic oxidation sites excluding steroid dienone is 1. The first-order valence-corrected chi connectivity index (χ1v) is 4.91. The van der Waals surface area contributed by atoms with E-state index in [9.17, 15) is 9.59 Å². The molecular weight excluding hydrogens is 198 g/mol. The number of amides is 1. The molecule has 0 rings (SSSR count). The summed E-state index contributed by atoms with van der Waals surface area (Å²) in [4.78, 5) is 22.1. The minimum absolute atomic E-state index is 0.128. The van der Waals surface area contributed by atoms with Crippen molar-refractivity contribution in [3.63, 3.8) is 0 Å². The Morgan fingerprint density at radius 1 is 1.47 bits per heavy atom. The van der Waals surface area contributed by atoms with E-state index < -0.39 is 11.9 Å². The number of aliphatic hydroxyl groups excluding tert-OH is 1. The Balaban J connectivity index is 4.31. The summed E-state index contributed by atoms with van der Waals surface area (Å²) in [7, 11) is 0. The van der Waals surface area contributed by atoms with Crippen LogP contribution in [0.4, 0.5) is 0 Å². The quantitative estimate of drug-likeness (QED) is 0.207. The number of ether oxygens (including phenoxy) is 1. The van der Waals surface area contributed by atoms with Crippen molar-refractivity contribution in [3.05, 3.63) is 11.6 Å². The summed E-state index contributed by atoms with van der Waals surface area (Å²) in [5.41, 5.74) is 4.88. The topological polar surface area (TPSA) is 89.6 Å². The first-order chi connectivity index (χ1) is 7.13. The Bertz CT molecular complexity index is 248. The lowest BCUT2D eigenvalue weighted by molar-refractivity contribution is -0.141. The summed E-state index contributed by atoms with van der Waals surface area (Å²) >= 11 is 0. The zero-order valence-electron chi connectivity index (χ0n) is 8.86. The highest BCUT2D eigenvalue weighted by Gasteiger charge is 2.15. The van der Waals surface area contributed by atoms with E-state index in [2.05, 4.69) is 4.74 Å². The Hall–Kier alpha value is -1.36. The molecule has 0 saturated heterocycles. The number of primary amides is 1. The minimum Gasteiger partial charge on any atom is -0.460 e. The molecular formula is C10H17NO4. The van der Waals surface area contributed by atoms with E-state index in [1.807, 2.05) is 6.92 Å². The second-order valence-corrected chi connectivity index (χ2v) is 2.98. The van der Waals surface area contributed by atoms with Crippen LogP contribution in [0.25, 0.3) is 0 Å². The molecule has 86 valence electrons. The highest BCUT2D eigenvalue weighted by molar-refractivity contribution is 6.15. The molecule has 1 amide bonds. The summed E-state index contributed by atoms with van der Waals surface area (Å²) in [6.07, 6.45) is 3.94. The summed E-state index contributed by atoms with van der Waals surface area (Å²) in [5.74, 6) is -1.57. The predicted octanol–water partition coefficient (Wildman–Crippen LogP) is 0.124. The SMILES string of the molecule is CCCCC=C(C(N)=O)C(=O)OCCO. The molecule has 0 aromatic rings. The van der Waals surface area contributed by atoms with Gasteiger partial charge in [0.1, 0.15) is 12.2 Å².